The Balaban J connectivity index is 1.58. The van der Waals surface area contributed by atoms with Crippen LogP contribution in [0.4, 0.5) is 4.39 Å². The lowest BCUT2D eigenvalue weighted by Crippen LogP contribution is -2.09. The highest BCUT2D eigenvalue weighted by Crippen LogP contribution is 2.21. The lowest BCUT2D eigenvalue weighted by atomic mass is 10.2. The Bertz CT molecular complexity index is 898. The number of benzene rings is 2. The third-order valence-corrected chi connectivity index (χ3v) is 3.61. The molecule has 0 aliphatic heterocycles. The van der Waals surface area contributed by atoms with E-state index >= 15 is 0 Å². The predicted molar refractivity (Wildman–Crippen MR) is 90.4 cm³/mol. The monoisotopic (exact) mass is 337 g/mol. The van der Waals surface area contributed by atoms with E-state index in [-0.39, 0.29) is 5.82 Å². The molecule has 1 heterocycles. The van der Waals surface area contributed by atoms with Gasteiger partial charge in [0.2, 0.25) is 0 Å². The van der Waals surface area contributed by atoms with Gasteiger partial charge in [-0.1, -0.05) is 0 Å². The molecule has 126 valence electrons. The van der Waals surface area contributed by atoms with Gasteiger partial charge in [-0.05, 0) is 43.3 Å². The molecule has 0 saturated heterocycles. The number of aromatic nitrogens is 2. The lowest BCUT2D eigenvalue weighted by Gasteiger charge is -2.11. The summed E-state index contributed by atoms with van der Waals surface area (Å²) >= 11 is 0. The minimum Gasteiger partial charge on any atom is -0.490 e. The third-order valence-electron chi connectivity index (χ3n) is 3.61. The molecule has 0 N–H and O–H groups in total. The van der Waals surface area contributed by atoms with Crippen molar-refractivity contribution in [2.75, 3.05) is 13.2 Å². The SMILES string of the molecule is Cc1nccn1-c1cc(OCCOc2ccc(C#N)cc2)ccc1F. The fraction of sp³-hybridized carbons (Fsp3) is 0.158. The van der Waals surface area contributed by atoms with Gasteiger partial charge < -0.3 is 14.0 Å². The molecule has 0 spiro atoms. The van der Waals surface area contributed by atoms with Crippen LogP contribution < -0.4 is 9.47 Å². The topological polar surface area (TPSA) is 60.1 Å². The normalized spacial score (nSPS) is 10.3. The maximum Gasteiger partial charge on any atom is 0.147 e. The van der Waals surface area contributed by atoms with Crippen molar-refractivity contribution < 1.29 is 13.9 Å². The van der Waals surface area contributed by atoms with E-state index in [0.717, 1.165) is 0 Å². The summed E-state index contributed by atoms with van der Waals surface area (Å²) in [6.07, 6.45) is 3.32. The van der Waals surface area contributed by atoms with Crippen molar-refractivity contribution >= 4 is 0 Å². The molecule has 3 aromatic rings. The van der Waals surface area contributed by atoms with Gasteiger partial charge in [0.1, 0.15) is 36.4 Å². The van der Waals surface area contributed by atoms with Gasteiger partial charge in [0.05, 0.1) is 17.3 Å². The molecule has 25 heavy (non-hydrogen) atoms. The number of ether oxygens (including phenoxy) is 2. The van der Waals surface area contributed by atoms with Crippen LogP contribution in [-0.2, 0) is 0 Å². The van der Waals surface area contributed by atoms with Crippen LogP contribution in [0.3, 0.4) is 0 Å². The Morgan fingerprint density at radius 2 is 1.76 bits per heavy atom. The summed E-state index contributed by atoms with van der Waals surface area (Å²) < 4.78 is 26.9. The van der Waals surface area contributed by atoms with Crippen LogP contribution in [-0.4, -0.2) is 22.8 Å². The Morgan fingerprint density at radius 3 is 2.40 bits per heavy atom. The van der Waals surface area contributed by atoms with E-state index in [1.165, 1.54) is 6.07 Å². The van der Waals surface area contributed by atoms with Crippen molar-refractivity contribution in [1.29, 1.82) is 5.26 Å². The van der Waals surface area contributed by atoms with Crippen LogP contribution in [0.25, 0.3) is 5.69 Å². The number of hydrogen-bond donors (Lipinski definition) is 0. The molecule has 0 saturated carbocycles. The Labute approximate surface area is 144 Å². The first-order valence-electron chi connectivity index (χ1n) is 7.73. The first-order valence-corrected chi connectivity index (χ1v) is 7.73. The molecule has 0 aliphatic carbocycles. The van der Waals surface area contributed by atoms with E-state index in [4.69, 9.17) is 14.7 Å². The lowest BCUT2D eigenvalue weighted by molar-refractivity contribution is 0.217. The smallest absolute Gasteiger partial charge is 0.147 e. The third kappa shape index (κ3) is 3.96. The molecule has 0 bridgehead atoms. The Morgan fingerprint density at radius 1 is 1.08 bits per heavy atom. The van der Waals surface area contributed by atoms with Gasteiger partial charge in [-0.3, -0.25) is 0 Å². The molecule has 0 amide bonds. The van der Waals surface area contributed by atoms with Gasteiger partial charge in [0, 0.05) is 18.5 Å². The number of aryl methyl sites for hydroxylation is 1. The van der Waals surface area contributed by atoms with E-state index in [1.54, 1.807) is 60.3 Å². The highest BCUT2D eigenvalue weighted by Gasteiger charge is 2.08. The second kappa shape index (κ2) is 7.49. The van der Waals surface area contributed by atoms with Crippen LogP contribution in [0.15, 0.2) is 54.9 Å². The summed E-state index contributed by atoms with van der Waals surface area (Å²) in [5.74, 6) is 1.56. The van der Waals surface area contributed by atoms with Crippen LogP contribution in [0.1, 0.15) is 11.4 Å². The van der Waals surface area contributed by atoms with Crippen LogP contribution in [0.5, 0.6) is 11.5 Å². The molecule has 6 heteroatoms. The van der Waals surface area contributed by atoms with Gasteiger partial charge in [0.25, 0.3) is 0 Å². The first-order chi connectivity index (χ1) is 12.2. The standard InChI is InChI=1S/C19H16FN3O2/c1-14-22-8-9-23(14)19-12-17(6-7-18(19)20)25-11-10-24-16-4-2-15(13-21)3-5-16/h2-9,12H,10-11H2,1H3. The van der Waals surface area contributed by atoms with Crippen molar-refractivity contribution in [3.63, 3.8) is 0 Å². The Hall–Kier alpha value is -3.33. The van der Waals surface area contributed by atoms with Gasteiger partial charge in [-0.2, -0.15) is 5.26 Å². The number of hydrogen-bond acceptors (Lipinski definition) is 4. The minimum atomic E-state index is -0.345. The first kappa shape index (κ1) is 16.5. The molecule has 0 aliphatic rings. The number of imidazole rings is 1. The highest BCUT2D eigenvalue weighted by molar-refractivity contribution is 5.41. The van der Waals surface area contributed by atoms with Crippen molar-refractivity contribution in [3.05, 3.63) is 72.1 Å². The second-order valence-electron chi connectivity index (χ2n) is 5.29. The van der Waals surface area contributed by atoms with E-state index < -0.39 is 0 Å². The zero-order chi connectivity index (χ0) is 17.6. The van der Waals surface area contributed by atoms with Crippen LogP contribution >= 0.6 is 0 Å². The second-order valence-corrected chi connectivity index (χ2v) is 5.29. The molecular formula is C19H16FN3O2. The van der Waals surface area contributed by atoms with Gasteiger partial charge in [-0.25, -0.2) is 9.37 Å². The number of rotatable bonds is 6. The van der Waals surface area contributed by atoms with Crippen molar-refractivity contribution in [2.45, 2.75) is 6.92 Å². The number of halogens is 1. The summed E-state index contributed by atoms with van der Waals surface area (Å²) in [6, 6.07) is 13.5. The van der Waals surface area contributed by atoms with Crippen molar-refractivity contribution in [3.8, 4) is 23.3 Å². The average molecular weight is 337 g/mol. The van der Waals surface area contributed by atoms with Crippen LogP contribution in [0.2, 0.25) is 0 Å². The summed E-state index contributed by atoms with van der Waals surface area (Å²) in [5, 5.41) is 8.75. The largest absolute Gasteiger partial charge is 0.490 e. The van der Waals surface area contributed by atoms with E-state index in [0.29, 0.717) is 41.8 Å². The molecule has 0 atom stereocenters. The zero-order valence-electron chi connectivity index (χ0n) is 13.6. The van der Waals surface area contributed by atoms with Gasteiger partial charge >= 0.3 is 0 Å². The summed E-state index contributed by atoms with van der Waals surface area (Å²) in [4.78, 5) is 4.10. The average Bonchev–Trinajstić information content (AvgIpc) is 3.06. The molecule has 5 nitrogen and oxygen atoms in total. The molecule has 0 radical (unpaired) electrons. The molecule has 2 aromatic carbocycles. The number of nitrogens with zero attached hydrogens (tertiary/aromatic N) is 3. The highest BCUT2D eigenvalue weighted by atomic mass is 19.1. The summed E-state index contributed by atoms with van der Waals surface area (Å²) in [5.41, 5.74) is 0.970. The van der Waals surface area contributed by atoms with Crippen molar-refractivity contribution in [1.82, 2.24) is 9.55 Å². The van der Waals surface area contributed by atoms with E-state index in [1.807, 2.05) is 0 Å². The molecule has 3 rings (SSSR count). The summed E-state index contributed by atoms with van der Waals surface area (Å²) in [7, 11) is 0. The van der Waals surface area contributed by atoms with Gasteiger partial charge in [0.15, 0.2) is 0 Å². The zero-order valence-corrected chi connectivity index (χ0v) is 13.6. The molecule has 1 aromatic heterocycles. The number of nitriles is 1. The van der Waals surface area contributed by atoms with E-state index in [9.17, 15) is 4.39 Å². The maximum atomic E-state index is 14.0. The van der Waals surface area contributed by atoms with Gasteiger partial charge in [-0.15, -0.1) is 0 Å². The fourth-order valence-corrected chi connectivity index (χ4v) is 2.34. The quantitative estimate of drug-likeness (QED) is 0.644. The van der Waals surface area contributed by atoms with Crippen molar-refractivity contribution in [2.24, 2.45) is 0 Å². The fourth-order valence-electron chi connectivity index (χ4n) is 2.34. The minimum absolute atomic E-state index is 0.313. The predicted octanol–water partition coefficient (Wildman–Crippen LogP) is 3.65. The molecule has 0 unspecified atom stereocenters. The summed E-state index contributed by atoms with van der Waals surface area (Å²) in [6.45, 7) is 2.45. The molecular weight excluding hydrogens is 321 g/mol. The van der Waals surface area contributed by atoms with E-state index in [2.05, 4.69) is 11.1 Å². The maximum absolute atomic E-state index is 14.0. The van der Waals surface area contributed by atoms with Crippen LogP contribution in [0, 0.1) is 24.1 Å². The molecule has 0 fully saturated rings. The Kier molecular flexibility index (Phi) is 4.95.